The molecule has 0 N–H and O–H groups in total. The number of aryl methyl sites for hydroxylation is 6. The fraction of sp³-hybridized carbons (Fsp3) is 0.136. The Labute approximate surface area is 303 Å². The van der Waals surface area contributed by atoms with Gasteiger partial charge in [-0.3, -0.25) is 9.80 Å². The van der Waals surface area contributed by atoms with E-state index in [0.717, 1.165) is 55.8 Å². The molecule has 1 aliphatic heterocycles. The number of hydrogen-bond acceptors (Lipinski definition) is 6. The Balaban J connectivity index is 1.64. The highest BCUT2D eigenvalue weighted by Crippen LogP contribution is 2.53. The largest absolute Gasteiger partial charge is 0.276 e. The van der Waals surface area contributed by atoms with Gasteiger partial charge in [0.1, 0.15) is 5.82 Å². The molecule has 0 atom stereocenters. The van der Waals surface area contributed by atoms with E-state index in [9.17, 15) is 10.5 Å². The van der Waals surface area contributed by atoms with Crippen LogP contribution < -0.4 is 9.80 Å². The van der Waals surface area contributed by atoms with Gasteiger partial charge < -0.3 is 0 Å². The summed E-state index contributed by atoms with van der Waals surface area (Å²) < 4.78 is 0. The average Bonchev–Trinajstić information content (AvgIpc) is 3.59. The fourth-order valence-electron chi connectivity index (χ4n) is 7.68. The molecule has 0 unspecified atom stereocenters. The maximum absolute atomic E-state index is 10.2. The molecular formula is C44H32N8. The van der Waals surface area contributed by atoms with E-state index >= 15 is 0 Å². The Morgan fingerprint density at radius 1 is 0.615 bits per heavy atom. The third-order valence-corrected chi connectivity index (χ3v) is 9.45. The van der Waals surface area contributed by atoms with Gasteiger partial charge in [0.15, 0.2) is 11.6 Å². The van der Waals surface area contributed by atoms with Gasteiger partial charge in [-0.2, -0.15) is 0 Å². The summed E-state index contributed by atoms with van der Waals surface area (Å²) >= 11 is 0. The maximum atomic E-state index is 10.2. The molecule has 5 aromatic rings. The molecule has 1 aromatic heterocycles. The molecule has 4 aromatic carbocycles. The molecule has 0 saturated carbocycles. The van der Waals surface area contributed by atoms with Gasteiger partial charge in [0, 0.05) is 11.1 Å². The molecule has 8 heteroatoms. The lowest BCUT2D eigenvalue weighted by molar-refractivity contribution is 1.07. The lowest BCUT2D eigenvalue weighted by atomic mass is 9.99. The minimum Gasteiger partial charge on any atom is -0.276 e. The number of para-hydroxylation sites is 2. The molecular weight excluding hydrogens is 641 g/mol. The number of nitriles is 2. The molecule has 0 fully saturated rings. The average molecular weight is 673 g/mol. The number of fused-ring (bicyclic) bond motifs is 3. The molecule has 0 saturated heterocycles. The van der Waals surface area contributed by atoms with Crippen molar-refractivity contribution in [2.45, 2.75) is 41.5 Å². The van der Waals surface area contributed by atoms with E-state index in [1.54, 1.807) is 0 Å². The van der Waals surface area contributed by atoms with Crippen LogP contribution in [-0.4, -0.2) is 9.97 Å². The highest BCUT2D eigenvalue weighted by Gasteiger charge is 2.39. The van der Waals surface area contributed by atoms with Crippen LogP contribution in [0.25, 0.3) is 31.9 Å². The van der Waals surface area contributed by atoms with Gasteiger partial charge in [-0.05, 0) is 98.7 Å². The summed E-state index contributed by atoms with van der Waals surface area (Å²) in [6.07, 6.45) is 3.76. The second-order valence-electron chi connectivity index (χ2n) is 13.1. The minimum atomic E-state index is -0.122. The Hall–Kier alpha value is -7.26. The zero-order valence-electron chi connectivity index (χ0n) is 29.7. The fourth-order valence-corrected chi connectivity index (χ4v) is 7.68. The normalized spacial score (nSPS) is 15.0. The van der Waals surface area contributed by atoms with Gasteiger partial charge in [-0.1, -0.05) is 77.9 Å². The minimum absolute atomic E-state index is 0.122. The van der Waals surface area contributed by atoms with Crippen molar-refractivity contribution in [3.8, 4) is 12.1 Å². The third-order valence-electron chi connectivity index (χ3n) is 9.45. The first kappa shape index (κ1) is 33.2. The Morgan fingerprint density at radius 2 is 1.00 bits per heavy atom. The Morgan fingerprint density at radius 3 is 1.37 bits per heavy atom. The van der Waals surface area contributed by atoms with Gasteiger partial charge in [0.05, 0.1) is 47.7 Å². The number of anilines is 4. The molecule has 8 nitrogen and oxygen atoms in total. The van der Waals surface area contributed by atoms with Crippen LogP contribution in [-0.2, 0) is 0 Å². The third kappa shape index (κ3) is 5.19. The molecule has 52 heavy (non-hydrogen) atoms. The number of nitrogens with zero attached hydrogens (tertiary/aromatic N) is 8. The van der Waals surface area contributed by atoms with Crippen LogP contribution in [0.5, 0.6) is 0 Å². The Kier molecular flexibility index (Phi) is 8.24. The predicted octanol–water partition coefficient (Wildman–Crippen LogP) is 10.6. The molecule has 0 radical (unpaired) electrons. The van der Waals surface area contributed by atoms with Crippen molar-refractivity contribution in [2.75, 3.05) is 9.80 Å². The standard InChI is InChI=1S/C44H32N8/c1-25-19-27(3)41(28(4)20-25)51-38(18-17-33-39(36(23-45)47-7)31-13-9-10-14-32(31)40(33)37(24-46)48-8)52(42-29(5)21-26(2)22-30(42)6)44-43(51)49-34-15-11-12-16-35(34)50-44/h9-22H,1-6H3/b39-36-,40-37-. The van der Waals surface area contributed by atoms with Crippen molar-refractivity contribution < 1.29 is 0 Å². The van der Waals surface area contributed by atoms with Gasteiger partial charge in [-0.25, -0.2) is 30.2 Å². The zero-order chi connectivity index (χ0) is 36.8. The summed E-state index contributed by atoms with van der Waals surface area (Å²) in [6, 6.07) is 27.8. The summed E-state index contributed by atoms with van der Waals surface area (Å²) in [4.78, 5) is 21.9. The highest BCUT2D eigenvalue weighted by molar-refractivity contribution is 6.12. The second-order valence-corrected chi connectivity index (χ2v) is 13.1. The first-order valence-electron chi connectivity index (χ1n) is 16.7. The summed E-state index contributed by atoms with van der Waals surface area (Å²) in [5, 5.41) is 20.3. The maximum Gasteiger partial charge on any atom is 0.270 e. The van der Waals surface area contributed by atoms with Crippen molar-refractivity contribution in [3.63, 3.8) is 0 Å². The van der Waals surface area contributed by atoms with Crippen LogP contribution >= 0.6 is 0 Å². The topological polar surface area (TPSA) is 88.6 Å². The van der Waals surface area contributed by atoms with E-state index in [-0.39, 0.29) is 11.4 Å². The molecule has 2 heterocycles. The van der Waals surface area contributed by atoms with Gasteiger partial charge in [0.2, 0.25) is 0 Å². The van der Waals surface area contributed by atoms with Crippen LogP contribution in [0.15, 0.2) is 108 Å². The van der Waals surface area contributed by atoms with Crippen LogP contribution in [0.2, 0.25) is 0 Å². The number of hydrogen-bond donors (Lipinski definition) is 0. The van der Waals surface area contributed by atoms with E-state index in [4.69, 9.17) is 23.1 Å². The molecule has 0 bridgehead atoms. The zero-order valence-corrected chi connectivity index (χ0v) is 29.7. The van der Waals surface area contributed by atoms with Crippen LogP contribution in [0.3, 0.4) is 0 Å². The molecule has 0 amide bonds. The SMILES string of the molecule is [C-]#[N+]/C(C#N)=C1\C(=CC=C2N(c3c(C)cc(C)cc3C)c3nc4ccccc4nc3N2c2c(C)cc(C)cc2C)/C(=C(/C#N)[N+]#[C-])c2ccccc21. The van der Waals surface area contributed by atoms with Gasteiger partial charge in [0.25, 0.3) is 11.4 Å². The highest BCUT2D eigenvalue weighted by atomic mass is 15.5. The second kappa shape index (κ2) is 12.9. The van der Waals surface area contributed by atoms with Gasteiger partial charge in [-0.15, -0.1) is 0 Å². The first-order chi connectivity index (χ1) is 25.1. The van der Waals surface area contributed by atoms with E-state index in [2.05, 4.69) is 97.4 Å². The Bertz CT molecular complexity index is 2440. The monoisotopic (exact) mass is 672 g/mol. The van der Waals surface area contributed by atoms with Crippen molar-refractivity contribution >= 4 is 45.2 Å². The number of allylic oxidation sites excluding steroid dienone is 7. The molecule has 0 spiro atoms. The molecule has 1 aliphatic carbocycles. The number of benzene rings is 4. The first-order valence-corrected chi connectivity index (χ1v) is 16.7. The van der Waals surface area contributed by atoms with Crippen molar-refractivity contribution in [3.05, 3.63) is 175 Å². The lowest BCUT2D eigenvalue weighted by Gasteiger charge is -2.29. The van der Waals surface area contributed by atoms with E-state index in [1.807, 2.05) is 60.7 Å². The van der Waals surface area contributed by atoms with Crippen molar-refractivity contribution in [2.24, 2.45) is 0 Å². The van der Waals surface area contributed by atoms with Crippen molar-refractivity contribution in [1.82, 2.24) is 9.97 Å². The molecule has 7 rings (SSSR count). The number of aromatic nitrogens is 2. The summed E-state index contributed by atoms with van der Waals surface area (Å²) in [5.74, 6) is 2.01. The molecule has 248 valence electrons. The van der Waals surface area contributed by atoms with Crippen LogP contribution in [0.4, 0.5) is 23.0 Å². The summed E-state index contributed by atoms with van der Waals surface area (Å²) in [6.45, 7) is 28.3. The van der Waals surface area contributed by atoms with Crippen LogP contribution in [0, 0.1) is 77.3 Å². The molecule has 2 aliphatic rings. The lowest BCUT2D eigenvalue weighted by Crippen LogP contribution is -2.24. The number of rotatable bonds is 3. The quantitative estimate of drug-likeness (QED) is 0.140. The van der Waals surface area contributed by atoms with Crippen LogP contribution in [0.1, 0.15) is 44.5 Å². The van der Waals surface area contributed by atoms with E-state index in [0.29, 0.717) is 45.3 Å². The van der Waals surface area contributed by atoms with E-state index in [1.165, 1.54) is 0 Å². The predicted molar refractivity (Wildman–Crippen MR) is 206 cm³/mol. The van der Waals surface area contributed by atoms with Crippen molar-refractivity contribution in [1.29, 1.82) is 10.5 Å². The summed E-state index contributed by atoms with van der Waals surface area (Å²) in [5.41, 5.74) is 12.1. The summed E-state index contributed by atoms with van der Waals surface area (Å²) in [7, 11) is 0. The van der Waals surface area contributed by atoms with Gasteiger partial charge >= 0.3 is 0 Å². The van der Waals surface area contributed by atoms with E-state index < -0.39 is 0 Å². The smallest absolute Gasteiger partial charge is 0.270 e.